The number of methoxy groups -OCH3 is 1. The van der Waals surface area contributed by atoms with Crippen molar-refractivity contribution in [2.75, 3.05) is 20.7 Å². The van der Waals surface area contributed by atoms with Gasteiger partial charge in [0.05, 0.1) is 7.11 Å². The summed E-state index contributed by atoms with van der Waals surface area (Å²) >= 11 is 0. The lowest BCUT2D eigenvalue weighted by atomic mass is 9.98. The fourth-order valence-corrected chi connectivity index (χ4v) is 2.34. The molecule has 0 bridgehead atoms. The monoisotopic (exact) mass is 286 g/mol. The van der Waals surface area contributed by atoms with Crippen LogP contribution in [0.15, 0.2) is 0 Å². The SMILES string of the molecule is COC(=O)CCCN(C)C(=O)NC1(C(=O)O)CCCC1. The highest BCUT2D eigenvalue weighted by Crippen LogP contribution is 2.30. The largest absolute Gasteiger partial charge is 0.480 e. The highest BCUT2D eigenvalue weighted by molar-refractivity contribution is 5.86. The number of hydrogen-bond donors (Lipinski definition) is 2. The van der Waals surface area contributed by atoms with E-state index < -0.39 is 17.5 Å². The van der Waals surface area contributed by atoms with E-state index in [1.165, 1.54) is 12.0 Å². The summed E-state index contributed by atoms with van der Waals surface area (Å²) in [6.45, 7) is 0.372. The van der Waals surface area contributed by atoms with Crippen LogP contribution in [0.3, 0.4) is 0 Å². The molecule has 0 aromatic heterocycles. The minimum Gasteiger partial charge on any atom is -0.480 e. The van der Waals surface area contributed by atoms with Crippen LogP contribution >= 0.6 is 0 Å². The summed E-state index contributed by atoms with van der Waals surface area (Å²) in [7, 11) is 2.90. The number of aliphatic carboxylic acids is 1. The van der Waals surface area contributed by atoms with Gasteiger partial charge in [-0.1, -0.05) is 12.8 Å². The third-order valence-electron chi connectivity index (χ3n) is 3.66. The van der Waals surface area contributed by atoms with E-state index in [1.807, 2.05) is 0 Å². The molecule has 0 heterocycles. The van der Waals surface area contributed by atoms with Gasteiger partial charge in [0.2, 0.25) is 0 Å². The van der Waals surface area contributed by atoms with Gasteiger partial charge >= 0.3 is 18.0 Å². The molecular formula is C13H22N2O5. The van der Waals surface area contributed by atoms with Gasteiger partial charge in [0, 0.05) is 20.0 Å². The molecule has 1 saturated carbocycles. The lowest BCUT2D eigenvalue weighted by Gasteiger charge is -2.28. The van der Waals surface area contributed by atoms with Crippen LogP contribution in [0.4, 0.5) is 4.79 Å². The molecule has 2 N–H and O–H groups in total. The van der Waals surface area contributed by atoms with Crippen LogP contribution in [-0.4, -0.2) is 54.2 Å². The molecule has 20 heavy (non-hydrogen) atoms. The first kappa shape index (κ1) is 16.3. The predicted molar refractivity (Wildman–Crippen MR) is 71.2 cm³/mol. The van der Waals surface area contributed by atoms with Crippen molar-refractivity contribution in [3.05, 3.63) is 0 Å². The van der Waals surface area contributed by atoms with Crippen LogP contribution in [0.2, 0.25) is 0 Å². The lowest BCUT2D eigenvalue weighted by Crippen LogP contribution is -2.55. The Labute approximate surface area is 118 Å². The van der Waals surface area contributed by atoms with Crippen molar-refractivity contribution >= 4 is 18.0 Å². The zero-order valence-corrected chi connectivity index (χ0v) is 12.0. The van der Waals surface area contributed by atoms with Crippen molar-refractivity contribution in [2.45, 2.75) is 44.1 Å². The fourth-order valence-electron chi connectivity index (χ4n) is 2.34. The van der Waals surface area contributed by atoms with E-state index in [0.717, 1.165) is 12.8 Å². The van der Waals surface area contributed by atoms with Crippen LogP contribution < -0.4 is 5.32 Å². The summed E-state index contributed by atoms with van der Waals surface area (Å²) in [5, 5.41) is 11.9. The summed E-state index contributed by atoms with van der Waals surface area (Å²) in [4.78, 5) is 35.7. The normalized spacial score (nSPS) is 16.5. The van der Waals surface area contributed by atoms with E-state index in [-0.39, 0.29) is 12.4 Å². The molecule has 0 saturated heterocycles. The molecule has 0 aliphatic heterocycles. The number of carboxylic acids is 1. The Balaban J connectivity index is 2.44. The number of esters is 1. The number of rotatable bonds is 6. The Bertz CT molecular complexity index is 377. The molecule has 0 aromatic carbocycles. The molecule has 1 aliphatic carbocycles. The topological polar surface area (TPSA) is 95.9 Å². The second kappa shape index (κ2) is 7.12. The fraction of sp³-hybridized carbons (Fsp3) is 0.769. The van der Waals surface area contributed by atoms with E-state index in [0.29, 0.717) is 25.8 Å². The molecule has 0 atom stereocenters. The maximum atomic E-state index is 12.0. The highest BCUT2D eigenvalue weighted by atomic mass is 16.5. The first-order valence-electron chi connectivity index (χ1n) is 6.75. The van der Waals surface area contributed by atoms with Gasteiger partial charge in [-0.15, -0.1) is 0 Å². The smallest absolute Gasteiger partial charge is 0.329 e. The summed E-state index contributed by atoms with van der Waals surface area (Å²) in [6.07, 6.45) is 3.25. The predicted octanol–water partition coefficient (Wildman–Crippen LogP) is 0.978. The van der Waals surface area contributed by atoms with E-state index in [2.05, 4.69) is 10.1 Å². The second-order valence-corrected chi connectivity index (χ2v) is 5.13. The van der Waals surface area contributed by atoms with Crippen LogP contribution in [0, 0.1) is 0 Å². The van der Waals surface area contributed by atoms with E-state index in [4.69, 9.17) is 0 Å². The van der Waals surface area contributed by atoms with Crippen molar-refractivity contribution < 1.29 is 24.2 Å². The third kappa shape index (κ3) is 4.11. The van der Waals surface area contributed by atoms with Gasteiger partial charge in [-0.3, -0.25) is 4.79 Å². The summed E-state index contributed by atoms with van der Waals surface area (Å²) in [5.41, 5.74) is -1.13. The van der Waals surface area contributed by atoms with Crippen molar-refractivity contribution in [2.24, 2.45) is 0 Å². The Morgan fingerprint density at radius 2 is 1.90 bits per heavy atom. The molecule has 0 spiro atoms. The Morgan fingerprint density at radius 3 is 2.40 bits per heavy atom. The number of carbonyl (C=O) groups excluding carboxylic acids is 2. The van der Waals surface area contributed by atoms with Crippen LogP contribution in [-0.2, 0) is 14.3 Å². The zero-order valence-electron chi connectivity index (χ0n) is 12.0. The molecule has 2 amide bonds. The standard InChI is InChI=1S/C13H22N2O5/c1-15(9-5-6-10(16)20-2)12(19)14-13(11(17)18)7-3-4-8-13/h3-9H2,1-2H3,(H,14,19)(H,17,18). The minimum atomic E-state index is -1.13. The van der Waals surface area contributed by atoms with Gasteiger partial charge in [-0.2, -0.15) is 0 Å². The first-order chi connectivity index (χ1) is 9.41. The van der Waals surface area contributed by atoms with Gasteiger partial charge in [-0.25, -0.2) is 9.59 Å². The molecule has 114 valence electrons. The molecular weight excluding hydrogens is 264 g/mol. The maximum absolute atomic E-state index is 12.0. The van der Waals surface area contributed by atoms with Crippen molar-refractivity contribution in [1.29, 1.82) is 0 Å². The highest BCUT2D eigenvalue weighted by Gasteiger charge is 2.43. The molecule has 1 fully saturated rings. The van der Waals surface area contributed by atoms with Crippen molar-refractivity contribution in [3.63, 3.8) is 0 Å². The number of amides is 2. The number of ether oxygens (including phenoxy) is 1. The molecule has 7 nitrogen and oxygen atoms in total. The number of carboxylic acid groups (broad SMARTS) is 1. The number of carbonyl (C=O) groups is 3. The molecule has 0 unspecified atom stereocenters. The maximum Gasteiger partial charge on any atom is 0.329 e. The molecule has 0 radical (unpaired) electrons. The zero-order chi connectivity index (χ0) is 15.2. The van der Waals surface area contributed by atoms with E-state index in [1.54, 1.807) is 7.05 Å². The number of nitrogens with one attached hydrogen (secondary N) is 1. The van der Waals surface area contributed by atoms with Crippen LogP contribution in [0.5, 0.6) is 0 Å². The lowest BCUT2D eigenvalue weighted by molar-refractivity contribution is -0.144. The molecule has 0 aromatic rings. The average Bonchev–Trinajstić information content (AvgIpc) is 2.88. The van der Waals surface area contributed by atoms with Crippen molar-refractivity contribution in [3.8, 4) is 0 Å². The Kier molecular flexibility index (Phi) is 5.79. The van der Waals surface area contributed by atoms with Crippen LogP contribution in [0.1, 0.15) is 38.5 Å². The van der Waals surface area contributed by atoms with Gasteiger partial charge in [0.15, 0.2) is 0 Å². The molecule has 7 heteroatoms. The molecule has 1 aliphatic rings. The number of nitrogens with zero attached hydrogens (tertiary/aromatic N) is 1. The van der Waals surface area contributed by atoms with Gasteiger partial charge in [0.25, 0.3) is 0 Å². The van der Waals surface area contributed by atoms with Gasteiger partial charge in [0.1, 0.15) is 5.54 Å². The number of hydrogen-bond acceptors (Lipinski definition) is 4. The summed E-state index contributed by atoms with van der Waals surface area (Å²) in [5.74, 6) is -1.30. The first-order valence-corrected chi connectivity index (χ1v) is 6.75. The third-order valence-corrected chi connectivity index (χ3v) is 3.66. The quantitative estimate of drug-likeness (QED) is 0.709. The minimum absolute atomic E-state index is 0.234. The van der Waals surface area contributed by atoms with Gasteiger partial charge < -0.3 is 20.1 Å². The van der Waals surface area contributed by atoms with Crippen LogP contribution in [0.25, 0.3) is 0 Å². The van der Waals surface area contributed by atoms with E-state index in [9.17, 15) is 19.5 Å². The second-order valence-electron chi connectivity index (χ2n) is 5.13. The Morgan fingerprint density at radius 1 is 1.30 bits per heavy atom. The molecule has 1 rings (SSSR count). The average molecular weight is 286 g/mol. The van der Waals surface area contributed by atoms with Gasteiger partial charge in [-0.05, 0) is 19.3 Å². The van der Waals surface area contributed by atoms with E-state index >= 15 is 0 Å². The Hall–Kier alpha value is -1.79. The summed E-state index contributed by atoms with van der Waals surface area (Å²) < 4.78 is 4.51. The number of urea groups is 1. The summed E-state index contributed by atoms with van der Waals surface area (Å²) in [6, 6.07) is -0.417. The van der Waals surface area contributed by atoms with Crippen molar-refractivity contribution in [1.82, 2.24) is 10.2 Å².